The molecule has 0 radical (unpaired) electrons. The molecule has 3 heteroatoms. The quantitative estimate of drug-likeness (QED) is 0.814. The molecule has 1 aromatic carbocycles. The maximum atomic E-state index is 10.0. The highest BCUT2D eigenvalue weighted by atomic mass is 127. The third-order valence-corrected chi connectivity index (χ3v) is 4.20. The van der Waals surface area contributed by atoms with E-state index >= 15 is 0 Å². The van der Waals surface area contributed by atoms with Gasteiger partial charge in [-0.25, -0.2) is 0 Å². The summed E-state index contributed by atoms with van der Waals surface area (Å²) in [7, 11) is 0. The van der Waals surface area contributed by atoms with Gasteiger partial charge in [0.2, 0.25) is 0 Å². The lowest BCUT2D eigenvalue weighted by atomic mass is 9.99. The molecule has 0 amide bonds. The first-order chi connectivity index (χ1) is 8.74. The third kappa shape index (κ3) is 4.86. The van der Waals surface area contributed by atoms with Crippen LogP contribution in [0.4, 0.5) is 0 Å². The average molecular weight is 360 g/mol. The zero-order valence-corrected chi connectivity index (χ0v) is 12.8. The number of hydrogen-bond acceptors (Lipinski definition) is 2. The van der Waals surface area contributed by atoms with Gasteiger partial charge in [0.15, 0.2) is 0 Å². The van der Waals surface area contributed by atoms with Crippen LogP contribution in [0.25, 0.3) is 0 Å². The number of rotatable bonds is 5. The van der Waals surface area contributed by atoms with Gasteiger partial charge in [-0.05, 0) is 78.8 Å². The van der Waals surface area contributed by atoms with E-state index < -0.39 is 0 Å². The molecule has 2 nitrogen and oxygen atoms in total. The second-order valence-electron chi connectivity index (χ2n) is 5.05. The number of aliphatic hydroxyl groups excluding tert-OH is 1. The lowest BCUT2D eigenvalue weighted by Crippen LogP contribution is -2.21. The van der Waals surface area contributed by atoms with Crippen LogP contribution in [0.5, 0.6) is 0 Å². The van der Waals surface area contributed by atoms with Crippen molar-refractivity contribution in [2.75, 3.05) is 6.61 Å². The molecule has 2 unspecified atom stereocenters. The summed E-state index contributed by atoms with van der Waals surface area (Å²) in [5.74, 6) is 0. The van der Waals surface area contributed by atoms with E-state index in [9.17, 15) is 5.11 Å². The standard InChI is InChI=1S/C15H21IO2/c16-13-6-4-12(5-7-13)11-14(17)8-9-15-3-1-2-10-18-15/h4-7,14-15,17H,1-3,8-11H2. The molecule has 0 bridgehead atoms. The summed E-state index contributed by atoms with van der Waals surface area (Å²) in [5.41, 5.74) is 1.22. The summed E-state index contributed by atoms with van der Waals surface area (Å²) < 4.78 is 6.92. The molecular weight excluding hydrogens is 339 g/mol. The van der Waals surface area contributed by atoms with Crippen molar-refractivity contribution in [2.45, 2.75) is 50.7 Å². The summed E-state index contributed by atoms with van der Waals surface area (Å²) in [6.45, 7) is 0.901. The molecule has 1 aliphatic heterocycles. The van der Waals surface area contributed by atoms with E-state index in [0.717, 1.165) is 32.3 Å². The van der Waals surface area contributed by atoms with E-state index in [1.165, 1.54) is 22.0 Å². The van der Waals surface area contributed by atoms with Gasteiger partial charge in [-0.2, -0.15) is 0 Å². The smallest absolute Gasteiger partial charge is 0.0581 e. The Balaban J connectivity index is 1.71. The molecule has 1 saturated heterocycles. The predicted molar refractivity (Wildman–Crippen MR) is 81.7 cm³/mol. The summed E-state index contributed by atoms with van der Waals surface area (Å²) in [4.78, 5) is 0. The second-order valence-corrected chi connectivity index (χ2v) is 6.30. The zero-order chi connectivity index (χ0) is 12.8. The van der Waals surface area contributed by atoms with Gasteiger partial charge in [0.25, 0.3) is 0 Å². The first-order valence-electron chi connectivity index (χ1n) is 6.78. The van der Waals surface area contributed by atoms with Crippen molar-refractivity contribution in [1.29, 1.82) is 0 Å². The van der Waals surface area contributed by atoms with Crippen molar-refractivity contribution in [3.8, 4) is 0 Å². The number of aliphatic hydroxyl groups is 1. The molecule has 0 spiro atoms. The van der Waals surface area contributed by atoms with Gasteiger partial charge in [-0.3, -0.25) is 0 Å². The fourth-order valence-corrected chi connectivity index (χ4v) is 2.77. The molecule has 2 atom stereocenters. The van der Waals surface area contributed by atoms with Crippen LogP contribution in [0.1, 0.15) is 37.7 Å². The van der Waals surface area contributed by atoms with E-state index in [-0.39, 0.29) is 6.10 Å². The van der Waals surface area contributed by atoms with Crippen LogP contribution in [-0.2, 0) is 11.2 Å². The molecular formula is C15H21IO2. The first-order valence-corrected chi connectivity index (χ1v) is 7.86. The van der Waals surface area contributed by atoms with Gasteiger partial charge in [0, 0.05) is 10.2 Å². The SMILES string of the molecule is OC(CCC1CCCCO1)Cc1ccc(I)cc1. The predicted octanol–water partition coefficient (Wildman–Crippen LogP) is 3.54. The van der Waals surface area contributed by atoms with Gasteiger partial charge < -0.3 is 9.84 Å². The van der Waals surface area contributed by atoms with E-state index in [0.29, 0.717) is 6.10 Å². The molecule has 100 valence electrons. The second kappa shape index (κ2) is 7.46. The van der Waals surface area contributed by atoms with Gasteiger partial charge in [0.05, 0.1) is 12.2 Å². The minimum atomic E-state index is -0.240. The Hall–Kier alpha value is -0.130. The maximum absolute atomic E-state index is 10.0. The Kier molecular flexibility index (Phi) is 5.92. The Morgan fingerprint density at radius 1 is 1.28 bits per heavy atom. The largest absolute Gasteiger partial charge is 0.393 e. The van der Waals surface area contributed by atoms with Gasteiger partial charge >= 0.3 is 0 Å². The molecule has 0 aromatic heterocycles. The van der Waals surface area contributed by atoms with Crippen LogP contribution < -0.4 is 0 Å². The first kappa shape index (κ1) is 14.3. The number of halogens is 1. The topological polar surface area (TPSA) is 29.5 Å². The zero-order valence-electron chi connectivity index (χ0n) is 10.6. The monoisotopic (exact) mass is 360 g/mol. The van der Waals surface area contributed by atoms with Crippen LogP contribution in [0, 0.1) is 3.57 Å². The molecule has 0 saturated carbocycles. The highest BCUT2D eigenvalue weighted by Crippen LogP contribution is 2.19. The average Bonchev–Trinajstić information content (AvgIpc) is 2.40. The fraction of sp³-hybridized carbons (Fsp3) is 0.600. The maximum Gasteiger partial charge on any atom is 0.0581 e. The molecule has 1 fully saturated rings. The summed E-state index contributed by atoms with van der Waals surface area (Å²) >= 11 is 2.30. The van der Waals surface area contributed by atoms with Crippen molar-refractivity contribution < 1.29 is 9.84 Å². The lowest BCUT2D eigenvalue weighted by Gasteiger charge is -2.23. The van der Waals surface area contributed by atoms with Crippen molar-refractivity contribution in [2.24, 2.45) is 0 Å². The molecule has 1 heterocycles. The summed E-state index contributed by atoms with van der Waals surface area (Å²) in [6, 6.07) is 8.38. The van der Waals surface area contributed by atoms with E-state index in [4.69, 9.17) is 4.74 Å². The normalized spacial score (nSPS) is 21.8. The third-order valence-electron chi connectivity index (χ3n) is 3.48. The van der Waals surface area contributed by atoms with Crippen LogP contribution in [0.15, 0.2) is 24.3 Å². The minimum Gasteiger partial charge on any atom is -0.393 e. The van der Waals surface area contributed by atoms with E-state index in [1.54, 1.807) is 0 Å². The summed E-state index contributed by atoms with van der Waals surface area (Å²) in [6.07, 6.45) is 6.36. The highest BCUT2D eigenvalue weighted by Gasteiger charge is 2.15. The van der Waals surface area contributed by atoms with E-state index in [1.807, 2.05) is 0 Å². The minimum absolute atomic E-state index is 0.240. The van der Waals surface area contributed by atoms with Crippen molar-refractivity contribution >= 4 is 22.6 Å². The number of benzene rings is 1. The van der Waals surface area contributed by atoms with Crippen LogP contribution >= 0.6 is 22.6 Å². The summed E-state index contributed by atoms with van der Waals surface area (Å²) in [5, 5.41) is 10.0. The Bertz CT molecular complexity index is 344. The fourth-order valence-electron chi connectivity index (χ4n) is 2.41. The molecule has 1 aliphatic rings. The molecule has 1 aromatic rings. The Morgan fingerprint density at radius 2 is 2.06 bits per heavy atom. The Labute approximate surface area is 123 Å². The van der Waals surface area contributed by atoms with Crippen molar-refractivity contribution in [3.63, 3.8) is 0 Å². The molecule has 2 rings (SSSR count). The van der Waals surface area contributed by atoms with Crippen LogP contribution in [0.3, 0.4) is 0 Å². The van der Waals surface area contributed by atoms with Crippen molar-refractivity contribution in [3.05, 3.63) is 33.4 Å². The molecule has 18 heavy (non-hydrogen) atoms. The van der Waals surface area contributed by atoms with Crippen LogP contribution in [-0.4, -0.2) is 23.9 Å². The van der Waals surface area contributed by atoms with Gasteiger partial charge in [0.1, 0.15) is 0 Å². The molecule has 1 N–H and O–H groups in total. The van der Waals surface area contributed by atoms with Gasteiger partial charge in [-0.15, -0.1) is 0 Å². The lowest BCUT2D eigenvalue weighted by molar-refractivity contribution is 0.00234. The van der Waals surface area contributed by atoms with E-state index in [2.05, 4.69) is 46.9 Å². The van der Waals surface area contributed by atoms with Crippen molar-refractivity contribution in [1.82, 2.24) is 0 Å². The highest BCUT2D eigenvalue weighted by molar-refractivity contribution is 14.1. The van der Waals surface area contributed by atoms with Crippen LogP contribution in [0.2, 0.25) is 0 Å². The number of ether oxygens (including phenoxy) is 1. The number of hydrogen-bond donors (Lipinski definition) is 1. The Morgan fingerprint density at radius 3 is 2.72 bits per heavy atom. The van der Waals surface area contributed by atoms with Gasteiger partial charge in [-0.1, -0.05) is 12.1 Å². The molecule has 0 aliphatic carbocycles.